The second-order valence-corrected chi connectivity index (χ2v) is 3.97. The first-order valence-corrected chi connectivity index (χ1v) is 5.61. The van der Waals surface area contributed by atoms with Gasteiger partial charge in [0.15, 0.2) is 0 Å². The summed E-state index contributed by atoms with van der Waals surface area (Å²) in [6.45, 7) is 4.17. The first kappa shape index (κ1) is 19.5. The zero-order valence-corrected chi connectivity index (χ0v) is 11.5. The molecular formula is C13H20CuNO3-. The van der Waals surface area contributed by atoms with E-state index in [9.17, 15) is 10.2 Å². The number of hydrogen-bond acceptors (Lipinski definition) is 4. The average molecular weight is 302 g/mol. The van der Waals surface area contributed by atoms with E-state index in [-0.39, 0.29) is 40.9 Å². The van der Waals surface area contributed by atoms with Crippen LogP contribution in [0, 0.1) is 5.92 Å². The molecule has 2 atom stereocenters. The number of aliphatic imine (C=N–C) groups is 1. The van der Waals surface area contributed by atoms with Crippen molar-refractivity contribution in [3.8, 4) is 5.75 Å². The van der Waals surface area contributed by atoms with Crippen LogP contribution in [-0.4, -0.2) is 34.6 Å². The van der Waals surface area contributed by atoms with Crippen LogP contribution >= 0.6 is 0 Å². The number of rotatable bonds is 5. The Morgan fingerprint density at radius 1 is 1.33 bits per heavy atom. The van der Waals surface area contributed by atoms with Crippen LogP contribution in [0.25, 0.3) is 0 Å². The molecule has 0 aliphatic carbocycles. The summed E-state index contributed by atoms with van der Waals surface area (Å²) in [6.07, 6.45) is 2.60. The zero-order valence-electron chi connectivity index (χ0n) is 10.5. The Morgan fingerprint density at radius 3 is 2.44 bits per heavy atom. The number of aromatic hydroxyl groups is 1. The maximum Gasteiger partial charge on any atom is 0.124 e. The summed E-state index contributed by atoms with van der Waals surface area (Å²) >= 11 is 0. The number of phenols is 1. The van der Waals surface area contributed by atoms with Gasteiger partial charge in [0.25, 0.3) is 0 Å². The molecule has 0 saturated carbocycles. The van der Waals surface area contributed by atoms with Crippen molar-refractivity contribution in [1.82, 2.24) is 0 Å². The molecule has 1 rings (SSSR count). The molecule has 0 spiro atoms. The Morgan fingerprint density at radius 2 is 1.94 bits per heavy atom. The topological polar surface area (TPSA) is 82.8 Å². The number of aliphatic hydroxyl groups excluding tert-OH is 1. The molecule has 5 heteroatoms. The molecule has 1 aromatic rings. The van der Waals surface area contributed by atoms with Crippen molar-refractivity contribution in [1.29, 1.82) is 0 Å². The minimum atomic E-state index is -0.0930. The van der Waals surface area contributed by atoms with Gasteiger partial charge in [0.2, 0.25) is 0 Å². The summed E-state index contributed by atoms with van der Waals surface area (Å²) in [5, 5.41) is 18.7. The third kappa shape index (κ3) is 5.65. The molecule has 18 heavy (non-hydrogen) atoms. The maximum absolute atomic E-state index is 9.54. The van der Waals surface area contributed by atoms with Crippen molar-refractivity contribution in [2.24, 2.45) is 10.9 Å². The van der Waals surface area contributed by atoms with E-state index in [4.69, 9.17) is 0 Å². The Labute approximate surface area is 119 Å². The van der Waals surface area contributed by atoms with Crippen LogP contribution in [0.5, 0.6) is 5.75 Å². The normalized spacial score (nSPS) is 13.5. The largest absolute Gasteiger partial charge is 0.870 e. The van der Waals surface area contributed by atoms with Crippen LogP contribution in [0.1, 0.15) is 25.8 Å². The minimum absolute atomic E-state index is 0. The Balaban J connectivity index is 0. The molecule has 1 radical (unpaired) electrons. The SMILES string of the molecule is CCC(C)C(CO)N=Cc1ccccc1O.[Cu].[OH-]. The monoisotopic (exact) mass is 301 g/mol. The quantitative estimate of drug-likeness (QED) is 0.645. The fourth-order valence-corrected chi connectivity index (χ4v) is 1.42. The molecule has 1 aromatic carbocycles. The van der Waals surface area contributed by atoms with Crippen LogP contribution in [0.3, 0.4) is 0 Å². The van der Waals surface area contributed by atoms with Gasteiger partial charge in [0.1, 0.15) is 5.75 Å². The average Bonchev–Trinajstić information content (AvgIpc) is 2.31. The van der Waals surface area contributed by atoms with E-state index in [2.05, 4.69) is 18.8 Å². The van der Waals surface area contributed by atoms with Crippen molar-refractivity contribution in [3.63, 3.8) is 0 Å². The van der Waals surface area contributed by atoms with E-state index in [1.54, 1.807) is 24.4 Å². The molecule has 0 aliphatic heterocycles. The van der Waals surface area contributed by atoms with Crippen LogP contribution in [-0.2, 0) is 17.1 Å². The molecular weight excluding hydrogens is 282 g/mol. The zero-order chi connectivity index (χ0) is 12.0. The Hall–Kier alpha value is -0.871. The van der Waals surface area contributed by atoms with Gasteiger partial charge in [0, 0.05) is 28.8 Å². The van der Waals surface area contributed by atoms with E-state index in [0.29, 0.717) is 11.5 Å². The Kier molecular flexibility index (Phi) is 10.9. The third-order valence-electron chi connectivity index (χ3n) is 2.83. The van der Waals surface area contributed by atoms with Gasteiger partial charge in [-0.25, -0.2) is 0 Å². The van der Waals surface area contributed by atoms with E-state index >= 15 is 0 Å². The molecule has 4 nitrogen and oxygen atoms in total. The van der Waals surface area contributed by atoms with Crippen LogP contribution < -0.4 is 0 Å². The summed E-state index contributed by atoms with van der Waals surface area (Å²) in [5.74, 6) is 0.555. The molecule has 0 saturated heterocycles. The summed E-state index contributed by atoms with van der Waals surface area (Å²) in [7, 11) is 0. The van der Waals surface area contributed by atoms with Crippen molar-refractivity contribution in [2.75, 3.05) is 6.61 Å². The molecule has 3 N–H and O–H groups in total. The number of benzene rings is 1. The molecule has 107 valence electrons. The standard InChI is InChI=1S/C13H19NO2.Cu.H2O/c1-3-10(2)12(9-15)14-8-11-6-4-5-7-13(11)16;;/h4-8,10,12,15-16H,3,9H2,1-2H3;;1H2/p-1. The predicted molar refractivity (Wildman–Crippen MR) is 68.0 cm³/mol. The van der Waals surface area contributed by atoms with Gasteiger partial charge in [-0.3, -0.25) is 4.99 Å². The summed E-state index contributed by atoms with van der Waals surface area (Å²) < 4.78 is 0. The molecule has 0 heterocycles. The molecule has 0 bridgehead atoms. The molecule has 0 aromatic heterocycles. The number of phenolic OH excluding ortho intramolecular Hbond substituents is 1. The second kappa shape index (κ2) is 10.1. The second-order valence-electron chi connectivity index (χ2n) is 3.97. The molecule has 0 fully saturated rings. The molecule has 0 amide bonds. The van der Waals surface area contributed by atoms with Gasteiger partial charge in [-0.15, -0.1) is 0 Å². The molecule has 0 aliphatic rings. The van der Waals surface area contributed by atoms with Crippen LogP contribution in [0.15, 0.2) is 29.3 Å². The fraction of sp³-hybridized carbons (Fsp3) is 0.462. The first-order valence-electron chi connectivity index (χ1n) is 5.61. The van der Waals surface area contributed by atoms with Crippen LogP contribution in [0.2, 0.25) is 0 Å². The van der Waals surface area contributed by atoms with Crippen molar-refractivity contribution in [3.05, 3.63) is 29.8 Å². The number of aliphatic hydroxyl groups is 1. The van der Waals surface area contributed by atoms with E-state index in [1.165, 1.54) is 0 Å². The van der Waals surface area contributed by atoms with E-state index in [0.717, 1.165) is 6.42 Å². The van der Waals surface area contributed by atoms with Gasteiger partial charge >= 0.3 is 0 Å². The summed E-state index contributed by atoms with van der Waals surface area (Å²) in [4.78, 5) is 4.31. The molecule has 2 unspecified atom stereocenters. The van der Waals surface area contributed by atoms with Gasteiger partial charge in [-0.05, 0) is 18.1 Å². The van der Waals surface area contributed by atoms with Crippen molar-refractivity contribution < 1.29 is 32.8 Å². The number of nitrogens with zero attached hydrogens (tertiary/aromatic N) is 1. The van der Waals surface area contributed by atoms with E-state index in [1.807, 2.05) is 6.07 Å². The van der Waals surface area contributed by atoms with Crippen molar-refractivity contribution >= 4 is 6.21 Å². The van der Waals surface area contributed by atoms with E-state index < -0.39 is 0 Å². The maximum atomic E-state index is 9.54. The van der Waals surface area contributed by atoms with Gasteiger partial charge in [0.05, 0.1) is 12.6 Å². The summed E-state index contributed by atoms with van der Waals surface area (Å²) in [5.41, 5.74) is 0.684. The van der Waals surface area contributed by atoms with Gasteiger partial charge < -0.3 is 15.7 Å². The van der Waals surface area contributed by atoms with Crippen molar-refractivity contribution in [2.45, 2.75) is 26.3 Å². The first-order chi connectivity index (χ1) is 7.69. The smallest absolute Gasteiger partial charge is 0.124 e. The predicted octanol–water partition coefficient (Wildman–Crippen LogP) is 2.04. The van der Waals surface area contributed by atoms with Crippen LogP contribution in [0.4, 0.5) is 0 Å². The number of hydrogen-bond donors (Lipinski definition) is 2. The Bertz CT molecular complexity index is 358. The summed E-state index contributed by atoms with van der Waals surface area (Å²) in [6, 6.07) is 6.94. The number of para-hydroxylation sites is 1. The van der Waals surface area contributed by atoms with Gasteiger partial charge in [-0.1, -0.05) is 32.4 Å². The van der Waals surface area contributed by atoms with Gasteiger partial charge in [-0.2, -0.15) is 0 Å². The minimum Gasteiger partial charge on any atom is -0.870 e. The third-order valence-corrected chi connectivity index (χ3v) is 2.83. The fourth-order valence-electron chi connectivity index (χ4n) is 1.42.